The molecular weight excluding hydrogens is 164 g/mol. The van der Waals surface area contributed by atoms with Crippen molar-refractivity contribution in [1.29, 1.82) is 0 Å². The van der Waals surface area contributed by atoms with Crippen molar-refractivity contribution < 1.29 is 9.90 Å². The summed E-state index contributed by atoms with van der Waals surface area (Å²) >= 11 is 0. The molecule has 0 aromatic carbocycles. The first-order chi connectivity index (χ1) is 6.12. The molecule has 2 aliphatic rings. The number of hydrogen-bond acceptors (Lipinski definition) is 2. The Morgan fingerprint density at radius 2 is 2.31 bits per heavy atom. The summed E-state index contributed by atoms with van der Waals surface area (Å²) in [5, 5.41) is 9.77. The average molecular weight is 180 g/mol. The van der Waals surface area contributed by atoms with E-state index < -0.39 is 0 Å². The van der Waals surface area contributed by atoms with Gasteiger partial charge in [0.1, 0.15) is 0 Å². The summed E-state index contributed by atoms with van der Waals surface area (Å²) in [6.07, 6.45) is 5.96. The van der Waals surface area contributed by atoms with Gasteiger partial charge in [0.15, 0.2) is 5.78 Å². The zero-order chi connectivity index (χ0) is 9.47. The molecule has 1 saturated carbocycles. The van der Waals surface area contributed by atoms with Gasteiger partial charge in [-0.1, -0.05) is 6.92 Å². The molecule has 0 bridgehead atoms. The van der Waals surface area contributed by atoms with Gasteiger partial charge in [0.25, 0.3) is 0 Å². The van der Waals surface area contributed by atoms with Crippen molar-refractivity contribution in [2.24, 2.45) is 5.41 Å². The van der Waals surface area contributed by atoms with E-state index in [1.54, 1.807) is 6.08 Å². The smallest absolute Gasteiger partial charge is 0.155 e. The van der Waals surface area contributed by atoms with Crippen LogP contribution in [0.2, 0.25) is 0 Å². The third kappa shape index (κ3) is 1.44. The molecule has 2 rings (SSSR count). The fourth-order valence-electron chi connectivity index (χ4n) is 2.57. The topological polar surface area (TPSA) is 37.3 Å². The minimum Gasteiger partial charge on any atom is -0.389 e. The number of carbonyl (C=O) groups excluding carboxylic acids is 1. The van der Waals surface area contributed by atoms with E-state index in [1.807, 2.05) is 0 Å². The summed E-state index contributed by atoms with van der Waals surface area (Å²) < 4.78 is 0. The summed E-state index contributed by atoms with van der Waals surface area (Å²) in [5.41, 5.74) is 1.11. The highest BCUT2D eigenvalue weighted by molar-refractivity contribution is 5.91. The molecule has 1 fully saturated rings. The van der Waals surface area contributed by atoms with Crippen LogP contribution >= 0.6 is 0 Å². The van der Waals surface area contributed by atoms with Crippen molar-refractivity contribution in [3.8, 4) is 0 Å². The van der Waals surface area contributed by atoms with Crippen LogP contribution in [-0.4, -0.2) is 17.0 Å². The zero-order valence-corrected chi connectivity index (χ0v) is 8.05. The van der Waals surface area contributed by atoms with Gasteiger partial charge in [-0.3, -0.25) is 4.79 Å². The van der Waals surface area contributed by atoms with Crippen LogP contribution in [0.4, 0.5) is 0 Å². The normalized spacial score (nSPS) is 39.7. The second-order valence-electron chi connectivity index (χ2n) is 4.53. The molecule has 1 N–H and O–H groups in total. The third-order valence-corrected chi connectivity index (χ3v) is 3.50. The molecule has 0 aromatic rings. The molecule has 0 saturated heterocycles. The fourth-order valence-corrected chi connectivity index (χ4v) is 2.57. The highest BCUT2D eigenvalue weighted by Gasteiger charge is 2.39. The molecule has 72 valence electrons. The molecule has 0 aliphatic heterocycles. The van der Waals surface area contributed by atoms with Crippen LogP contribution in [-0.2, 0) is 4.79 Å². The lowest BCUT2D eigenvalue weighted by Gasteiger charge is -2.41. The number of aliphatic hydroxyl groups is 1. The first-order valence-corrected chi connectivity index (χ1v) is 5.05. The van der Waals surface area contributed by atoms with Gasteiger partial charge in [0.05, 0.1) is 6.10 Å². The summed E-state index contributed by atoms with van der Waals surface area (Å²) in [5.74, 6) is 0.188. The second kappa shape index (κ2) is 2.95. The third-order valence-electron chi connectivity index (χ3n) is 3.50. The van der Waals surface area contributed by atoms with Crippen molar-refractivity contribution in [1.82, 2.24) is 0 Å². The molecule has 2 nitrogen and oxygen atoms in total. The Balaban J connectivity index is 2.34. The van der Waals surface area contributed by atoms with Gasteiger partial charge in [-0.25, -0.2) is 0 Å². The number of carbonyl (C=O) groups is 1. The van der Waals surface area contributed by atoms with Crippen LogP contribution in [0, 0.1) is 5.41 Å². The van der Waals surface area contributed by atoms with E-state index in [0.29, 0.717) is 6.42 Å². The lowest BCUT2D eigenvalue weighted by atomic mass is 9.65. The van der Waals surface area contributed by atoms with Crippen molar-refractivity contribution >= 4 is 5.78 Å². The molecule has 2 aliphatic carbocycles. The molecule has 0 spiro atoms. The Morgan fingerprint density at radius 1 is 1.54 bits per heavy atom. The van der Waals surface area contributed by atoms with E-state index in [0.717, 1.165) is 31.3 Å². The number of fused-ring (bicyclic) bond motifs is 1. The maximum atomic E-state index is 11.2. The van der Waals surface area contributed by atoms with E-state index in [-0.39, 0.29) is 17.3 Å². The van der Waals surface area contributed by atoms with Gasteiger partial charge in [0.2, 0.25) is 0 Å². The molecule has 0 amide bonds. The zero-order valence-electron chi connectivity index (χ0n) is 8.05. The van der Waals surface area contributed by atoms with E-state index in [1.165, 1.54) is 0 Å². The molecule has 2 atom stereocenters. The van der Waals surface area contributed by atoms with E-state index >= 15 is 0 Å². The van der Waals surface area contributed by atoms with E-state index in [9.17, 15) is 9.90 Å². The number of aliphatic hydroxyl groups excluding tert-OH is 1. The quantitative estimate of drug-likeness (QED) is 0.617. The van der Waals surface area contributed by atoms with Crippen LogP contribution < -0.4 is 0 Å². The minimum absolute atomic E-state index is 0.117. The Bertz CT molecular complexity index is 267. The number of rotatable bonds is 0. The lowest BCUT2D eigenvalue weighted by Crippen LogP contribution is -2.35. The van der Waals surface area contributed by atoms with Gasteiger partial charge in [-0.05, 0) is 42.7 Å². The molecule has 1 unspecified atom stereocenters. The largest absolute Gasteiger partial charge is 0.389 e. The molecule has 0 radical (unpaired) electrons. The van der Waals surface area contributed by atoms with Gasteiger partial charge < -0.3 is 5.11 Å². The number of allylic oxidation sites excluding steroid dienone is 1. The molecule has 0 heterocycles. The summed E-state index contributed by atoms with van der Waals surface area (Å²) in [7, 11) is 0. The van der Waals surface area contributed by atoms with Crippen LogP contribution in [0.5, 0.6) is 0 Å². The van der Waals surface area contributed by atoms with Crippen LogP contribution in [0.3, 0.4) is 0 Å². The molecule has 13 heavy (non-hydrogen) atoms. The van der Waals surface area contributed by atoms with Crippen molar-refractivity contribution in [3.05, 3.63) is 11.6 Å². The molecular formula is C11H16O2. The van der Waals surface area contributed by atoms with Crippen LogP contribution in [0.15, 0.2) is 11.6 Å². The SMILES string of the molecule is C[C@@]12CCCC(O)C1=CC(=O)CC2. The Morgan fingerprint density at radius 3 is 3.08 bits per heavy atom. The van der Waals surface area contributed by atoms with Gasteiger partial charge in [-0.15, -0.1) is 0 Å². The predicted octanol–water partition coefficient (Wildman–Crippen LogP) is 1.83. The average Bonchev–Trinajstić information content (AvgIpc) is 2.08. The van der Waals surface area contributed by atoms with Crippen molar-refractivity contribution in [3.63, 3.8) is 0 Å². The first kappa shape index (κ1) is 8.95. The summed E-state index contributed by atoms with van der Waals surface area (Å²) in [6, 6.07) is 0. The van der Waals surface area contributed by atoms with E-state index in [4.69, 9.17) is 0 Å². The van der Waals surface area contributed by atoms with E-state index in [2.05, 4.69) is 6.92 Å². The van der Waals surface area contributed by atoms with Gasteiger partial charge >= 0.3 is 0 Å². The predicted molar refractivity (Wildman–Crippen MR) is 50.3 cm³/mol. The Hall–Kier alpha value is -0.630. The number of hydrogen-bond donors (Lipinski definition) is 1. The maximum absolute atomic E-state index is 11.2. The fraction of sp³-hybridized carbons (Fsp3) is 0.727. The van der Waals surface area contributed by atoms with Crippen LogP contribution in [0.1, 0.15) is 39.0 Å². The Kier molecular flexibility index (Phi) is 2.03. The van der Waals surface area contributed by atoms with Gasteiger partial charge in [0, 0.05) is 6.42 Å². The number of ketones is 1. The van der Waals surface area contributed by atoms with Crippen molar-refractivity contribution in [2.75, 3.05) is 0 Å². The first-order valence-electron chi connectivity index (χ1n) is 5.05. The van der Waals surface area contributed by atoms with Gasteiger partial charge in [-0.2, -0.15) is 0 Å². The van der Waals surface area contributed by atoms with Crippen molar-refractivity contribution in [2.45, 2.75) is 45.1 Å². The summed E-state index contributed by atoms with van der Waals surface area (Å²) in [4.78, 5) is 11.2. The molecule has 2 heteroatoms. The lowest BCUT2D eigenvalue weighted by molar-refractivity contribution is -0.116. The molecule has 0 aromatic heterocycles. The highest BCUT2D eigenvalue weighted by Crippen LogP contribution is 2.46. The standard InChI is InChI=1S/C11H16O2/c1-11-5-2-3-10(13)9(11)7-8(12)4-6-11/h7,10,13H,2-6H2,1H3/t10?,11-/m0/s1. The van der Waals surface area contributed by atoms with Crippen LogP contribution in [0.25, 0.3) is 0 Å². The highest BCUT2D eigenvalue weighted by atomic mass is 16.3. The Labute approximate surface area is 78.6 Å². The minimum atomic E-state index is -0.358. The monoisotopic (exact) mass is 180 g/mol. The second-order valence-corrected chi connectivity index (χ2v) is 4.53. The summed E-state index contributed by atoms with van der Waals surface area (Å²) in [6.45, 7) is 2.17. The maximum Gasteiger partial charge on any atom is 0.155 e.